The Balaban J connectivity index is 1.85. The molecule has 0 unspecified atom stereocenters. The first-order valence-electron chi connectivity index (χ1n) is 7.25. The van der Waals surface area contributed by atoms with E-state index in [0.29, 0.717) is 12.6 Å². The normalized spacial score (nSPS) is 17.1. The van der Waals surface area contributed by atoms with E-state index in [1.54, 1.807) is 0 Å². The molecule has 2 rings (SSSR count). The number of nitrogens with zero attached hydrogens (tertiary/aromatic N) is 1. The molecular weight excluding hydrogens is 284 g/mol. The molecule has 1 aliphatic rings. The van der Waals surface area contributed by atoms with Crippen LogP contribution in [-0.4, -0.2) is 31.1 Å². The summed E-state index contributed by atoms with van der Waals surface area (Å²) in [6.45, 7) is 3.69. The van der Waals surface area contributed by atoms with Crippen LogP contribution in [-0.2, 0) is 12.7 Å². The van der Waals surface area contributed by atoms with E-state index >= 15 is 0 Å². The molecular formula is C15H20F4N2. The Hall–Kier alpha value is -1.14. The molecule has 0 aliphatic carbocycles. The lowest BCUT2D eigenvalue weighted by Gasteiger charge is -2.26. The molecule has 0 bridgehead atoms. The maximum absolute atomic E-state index is 13.0. The van der Waals surface area contributed by atoms with Crippen LogP contribution in [0.5, 0.6) is 0 Å². The molecule has 1 aromatic carbocycles. The number of nitrogens with one attached hydrogen (secondary N) is 1. The van der Waals surface area contributed by atoms with Crippen molar-refractivity contribution in [2.24, 2.45) is 0 Å². The van der Waals surface area contributed by atoms with Crippen LogP contribution < -0.4 is 5.32 Å². The van der Waals surface area contributed by atoms with E-state index in [4.69, 9.17) is 0 Å². The maximum atomic E-state index is 13.0. The summed E-state index contributed by atoms with van der Waals surface area (Å²) < 4.78 is 51.5. The van der Waals surface area contributed by atoms with Gasteiger partial charge in [-0.2, -0.15) is 13.2 Å². The number of rotatable bonds is 5. The molecule has 2 nitrogen and oxygen atoms in total. The zero-order valence-electron chi connectivity index (χ0n) is 11.8. The predicted octanol–water partition coefficient (Wildman–Crippen LogP) is 3.42. The van der Waals surface area contributed by atoms with Gasteiger partial charge in [0.25, 0.3) is 0 Å². The highest BCUT2D eigenvalue weighted by atomic mass is 19.4. The van der Waals surface area contributed by atoms with E-state index in [2.05, 4.69) is 10.2 Å². The van der Waals surface area contributed by atoms with E-state index < -0.39 is 17.6 Å². The summed E-state index contributed by atoms with van der Waals surface area (Å²) in [6.07, 6.45) is -0.882. The molecule has 6 heteroatoms. The van der Waals surface area contributed by atoms with Crippen LogP contribution in [0.4, 0.5) is 17.6 Å². The highest BCUT2D eigenvalue weighted by molar-refractivity contribution is 5.30. The number of hydrogen-bond donors (Lipinski definition) is 1. The van der Waals surface area contributed by atoms with Gasteiger partial charge in [0.15, 0.2) is 0 Å². The van der Waals surface area contributed by atoms with Gasteiger partial charge in [-0.1, -0.05) is 12.5 Å². The quantitative estimate of drug-likeness (QED) is 0.662. The van der Waals surface area contributed by atoms with Gasteiger partial charge in [-0.05, 0) is 43.6 Å². The Kier molecular flexibility index (Phi) is 5.58. The third kappa shape index (κ3) is 4.97. The number of piperidine rings is 1. The van der Waals surface area contributed by atoms with Crippen molar-refractivity contribution in [2.45, 2.75) is 32.0 Å². The van der Waals surface area contributed by atoms with E-state index in [-0.39, 0.29) is 12.1 Å². The van der Waals surface area contributed by atoms with E-state index in [0.717, 1.165) is 25.7 Å². The third-order valence-corrected chi connectivity index (χ3v) is 3.75. The highest BCUT2D eigenvalue weighted by Crippen LogP contribution is 2.32. The minimum Gasteiger partial charge on any atom is -0.311 e. The summed E-state index contributed by atoms with van der Waals surface area (Å²) in [5, 5.41) is 3.02. The SMILES string of the molecule is Fc1ccc(CNCCN2CCCCC2)c(C(F)(F)F)c1. The van der Waals surface area contributed by atoms with Gasteiger partial charge in [0.2, 0.25) is 0 Å². The van der Waals surface area contributed by atoms with Crippen molar-refractivity contribution in [2.75, 3.05) is 26.2 Å². The molecule has 21 heavy (non-hydrogen) atoms. The van der Waals surface area contributed by atoms with Crippen LogP contribution in [0.3, 0.4) is 0 Å². The fourth-order valence-electron chi connectivity index (χ4n) is 2.61. The first kappa shape index (κ1) is 16.2. The lowest BCUT2D eigenvalue weighted by atomic mass is 10.1. The second-order valence-corrected chi connectivity index (χ2v) is 5.38. The Bertz CT molecular complexity index is 453. The topological polar surface area (TPSA) is 15.3 Å². The molecule has 0 spiro atoms. The molecule has 118 valence electrons. The van der Waals surface area contributed by atoms with Crippen molar-refractivity contribution < 1.29 is 17.6 Å². The van der Waals surface area contributed by atoms with Crippen LogP contribution in [0.15, 0.2) is 18.2 Å². The number of alkyl halides is 3. The summed E-state index contributed by atoms with van der Waals surface area (Å²) in [5.74, 6) is -0.862. The highest BCUT2D eigenvalue weighted by Gasteiger charge is 2.33. The van der Waals surface area contributed by atoms with Crippen LogP contribution in [0, 0.1) is 5.82 Å². The summed E-state index contributed by atoms with van der Waals surface area (Å²) in [7, 11) is 0. The Morgan fingerprint density at radius 3 is 2.48 bits per heavy atom. The number of benzene rings is 1. The van der Waals surface area contributed by atoms with Gasteiger partial charge >= 0.3 is 6.18 Å². The Morgan fingerprint density at radius 1 is 1.10 bits per heavy atom. The van der Waals surface area contributed by atoms with Crippen LogP contribution in [0.1, 0.15) is 30.4 Å². The molecule has 0 amide bonds. The van der Waals surface area contributed by atoms with Gasteiger partial charge in [0.1, 0.15) is 5.82 Å². The van der Waals surface area contributed by atoms with E-state index in [1.807, 2.05) is 0 Å². The average Bonchev–Trinajstić information content (AvgIpc) is 2.45. The van der Waals surface area contributed by atoms with Gasteiger partial charge in [-0.15, -0.1) is 0 Å². The molecule has 1 aromatic rings. The monoisotopic (exact) mass is 304 g/mol. The first-order chi connectivity index (χ1) is 9.97. The maximum Gasteiger partial charge on any atom is 0.416 e. The van der Waals surface area contributed by atoms with Crippen molar-refractivity contribution in [3.8, 4) is 0 Å². The molecule has 0 radical (unpaired) electrons. The van der Waals surface area contributed by atoms with Crippen LogP contribution in [0.25, 0.3) is 0 Å². The fourth-order valence-corrected chi connectivity index (χ4v) is 2.61. The van der Waals surface area contributed by atoms with Gasteiger partial charge in [-0.3, -0.25) is 0 Å². The largest absolute Gasteiger partial charge is 0.416 e. The third-order valence-electron chi connectivity index (χ3n) is 3.75. The van der Waals surface area contributed by atoms with Crippen molar-refractivity contribution in [1.29, 1.82) is 0 Å². The standard InChI is InChI=1S/C15H20F4N2/c16-13-5-4-12(14(10-13)15(17,18)19)11-20-6-9-21-7-2-1-3-8-21/h4-5,10,20H,1-3,6-9,11H2. The number of hydrogen-bond acceptors (Lipinski definition) is 2. The molecule has 0 aromatic heterocycles. The molecule has 1 aliphatic heterocycles. The molecule has 1 saturated heterocycles. The average molecular weight is 304 g/mol. The lowest BCUT2D eigenvalue weighted by molar-refractivity contribution is -0.138. The zero-order chi connectivity index (χ0) is 15.3. The van der Waals surface area contributed by atoms with Crippen molar-refractivity contribution in [1.82, 2.24) is 10.2 Å². The van der Waals surface area contributed by atoms with Gasteiger partial charge in [0, 0.05) is 19.6 Å². The molecule has 1 N–H and O–H groups in total. The predicted molar refractivity (Wildman–Crippen MR) is 73.4 cm³/mol. The molecule has 0 saturated carbocycles. The number of halogens is 4. The first-order valence-corrected chi connectivity index (χ1v) is 7.25. The Morgan fingerprint density at radius 2 is 1.81 bits per heavy atom. The second-order valence-electron chi connectivity index (χ2n) is 5.38. The van der Waals surface area contributed by atoms with E-state index in [9.17, 15) is 17.6 Å². The fraction of sp³-hybridized carbons (Fsp3) is 0.600. The van der Waals surface area contributed by atoms with Crippen molar-refractivity contribution >= 4 is 0 Å². The zero-order valence-corrected chi connectivity index (χ0v) is 11.8. The summed E-state index contributed by atoms with van der Waals surface area (Å²) in [4.78, 5) is 2.31. The van der Waals surface area contributed by atoms with Gasteiger partial charge < -0.3 is 10.2 Å². The van der Waals surface area contributed by atoms with Gasteiger partial charge in [0.05, 0.1) is 5.56 Å². The minimum atomic E-state index is -4.52. The Labute approximate surface area is 122 Å². The molecule has 0 atom stereocenters. The smallest absolute Gasteiger partial charge is 0.311 e. The summed E-state index contributed by atoms with van der Waals surface area (Å²) in [5.41, 5.74) is -0.810. The summed E-state index contributed by atoms with van der Waals surface area (Å²) in [6, 6.07) is 2.82. The van der Waals surface area contributed by atoms with Crippen molar-refractivity contribution in [3.05, 3.63) is 35.1 Å². The van der Waals surface area contributed by atoms with Crippen LogP contribution >= 0.6 is 0 Å². The van der Waals surface area contributed by atoms with Crippen LogP contribution in [0.2, 0.25) is 0 Å². The lowest BCUT2D eigenvalue weighted by Crippen LogP contribution is -2.35. The van der Waals surface area contributed by atoms with E-state index in [1.165, 1.54) is 25.3 Å². The minimum absolute atomic E-state index is 0.0857. The number of likely N-dealkylation sites (tertiary alicyclic amines) is 1. The second kappa shape index (κ2) is 7.22. The molecule has 1 fully saturated rings. The summed E-state index contributed by atoms with van der Waals surface area (Å²) >= 11 is 0. The van der Waals surface area contributed by atoms with Gasteiger partial charge in [-0.25, -0.2) is 4.39 Å². The van der Waals surface area contributed by atoms with Crippen molar-refractivity contribution in [3.63, 3.8) is 0 Å². The molecule has 1 heterocycles.